The number of amides is 1. The molecule has 132 valence electrons. The van der Waals surface area contributed by atoms with Crippen molar-refractivity contribution in [2.24, 2.45) is 5.73 Å². The van der Waals surface area contributed by atoms with Crippen LogP contribution in [0.3, 0.4) is 0 Å². The van der Waals surface area contributed by atoms with Crippen molar-refractivity contribution in [1.29, 1.82) is 0 Å². The van der Waals surface area contributed by atoms with Crippen LogP contribution in [0.2, 0.25) is 0 Å². The maximum absolute atomic E-state index is 12.7. The van der Waals surface area contributed by atoms with Crippen LogP contribution in [0.15, 0.2) is 18.2 Å². The summed E-state index contributed by atoms with van der Waals surface area (Å²) in [5, 5.41) is 11.4. The van der Waals surface area contributed by atoms with Gasteiger partial charge in [-0.1, -0.05) is 0 Å². The molecule has 2 heterocycles. The van der Waals surface area contributed by atoms with Crippen LogP contribution in [0.4, 0.5) is 11.4 Å². The summed E-state index contributed by atoms with van der Waals surface area (Å²) < 4.78 is 0. The van der Waals surface area contributed by atoms with Crippen molar-refractivity contribution in [2.45, 2.75) is 31.7 Å². The van der Waals surface area contributed by atoms with Gasteiger partial charge in [-0.15, -0.1) is 12.4 Å². The number of hydrogen-bond acceptors (Lipinski definition) is 5. The van der Waals surface area contributed by atoms with E-state index < -0.39 is 4.92 Å². The molecule has 0 bridgehead atoms. The normalized spacial score (nSPS) is 20.1. The van der Waals surface area contributed by atoms with Gasteiger partial charge < -0.3 is 15.5 Å². The summed E-state index contributed by atoms with van der Waals surface area (Å²) in [7, 11) is 0. The minimum atomic E-state index is -0.394. The lowest BCUT2D eigenvalue weighted by molar-refractivity contribution is -0.384. The zero-order chi connectivity index (χ0) is 16.4. The standard InChI is InChI=1S/C16H22N4O3.ClH/c17-11-13-4-3-9-19(13)16(21)12-5-6-14(15(10-12)20(22)23)18-7-1-2-8-18;/h5-6,10,13H,1-4,7-9,11,17H2;1H. The van der Waals surface area contributed by atoms with E-state index in [1.807, 2.05) is 4.90 Å². The molecular formula is C16H23ClN4O3. The Balaban J connectivity index is 0.00000208. The van der Waals surface area contributed by atoms with Gasteiger partial charge in [0.2, 0.25) is 0 Å². The van der Waals surface area contributed by atoms with Crippen molar-refractivity contribution in [3.05, 3.63) is 33.9 Å². The molecule has 1 aromatic carbocycles. The number of carbonyl (C=O) groups excluding carboxylic acids is 1. The Morgan fingerprint density at radius 2 is 1.96 bits per heavy atom. The Morgan fingerprint density at radius 3 is 2.58 bits per heavy atom. The zero-order valence-electron chi connectivity index (χ0n) is 13.5. The first kappa shape index (κ1) is 18.5. The summed E-state index contributed by atoms with van der Waals surface area (Å²) in [6.45, 7) is 2.76. The Kier molecular flexibility index (Phi) is 6.01. The minimum Gasteiger partial charge on any atom is -0.366 e. The average molecular weight is 355 g/mol. The largest absolute Gasteiger partial charge is 0.366 e. The number of hydrogen-bond donors (Lipinski definition) is 1. The van der Waals surface area contributed by atoms with E-state index in [1.165, 1.54) is 6.07 Å². The second kappa shape index (κ2) is 7.81. The van der Waals surface area contributed by atoms with Crippen molar-refractivity contribution in [2.75, 3.05) is 31.1 Å². The molecule has 1 aromatic rings. The Bertz CT molecular complexity index is 619. The molecule has 3 rings (SSSR count). The molecule has 2 N–H and O–H groups in total. The maximum Gasteiger partial charge on any atom is 0.293 e. The lowest BCUT2D eigenvalue weighted by Gasteiger charge is -2.24. The van der Waals surface area contributed by atoms with Gasteiger partial charge in [0.05, 0.1) is 4.92 Å². The van der Waals surface area contributed by atoms with Gasteiger partial charge in [0.15, 0.2) is 0 Å². The molecule has 2 saturated heterocycles. The van der Waals surface area contributed by atoms with Crippen LogP contribution in [0.1, 0.15) is 36.0 Å². The van der Waals surface area contributed by atoms with E-state index >= 15 is 0 Å². The second-order valence-corrected chi connectivity index (χ2v) is 6.19. The fourth-order valence-electron chi connectivity index (χ4n) is 3.54. The summed E-state index contributed by atoms with van der Waals surface area (Å²) in [6, 6.07) is 4.88. The number of nitro groups is 1. The van der Waals surface area contributed by atoms with Crippen LogP contribution in [0.25, 0.3) is 0 Å². The van der Waals surface area contributed by atoms with Crippen LogP contribution in [0, 0.1) is 10.1 Å². The highest BCUT2D eigenvalue weighted by atomic mass is 35.5. The lowest BCUT2D eigenvalue weighted by Crippen LogP contribution is -2.39. The van der Waals surface area contributed by atoms with Gasteiger partial charge >= 0.3 is 0 Å². The quantitative estimate of drug-likeness (QED) is 0.660. The minimum absolute atomic E-state index is 0. The number of benzene rings is 1. The van der Waals surface area contributed by atoms with Crippen LogP contribution in [-0.4, -0.2) is 48.0 Å². The molecule has 2 fully saturated rings. The van der Waals surface area contributed by atoms with E-state index in [0.717, 1.165) is 38.8 Å². The molecule has 0 radical (unpaired) electrons. The second-order valence-electron chi connectivity index (χ2n) is 6.19. The average Bonchev–Trinajstić information content (AvgIpc) is 3.24. The summed E-state index contributed by atoms with van der Waals surface area (Å²) in [5.74, 6) is -0.158. The van der Waals surface area contributed by atoms with E-state index in [1.54, 1.807) is 17.0 Å². The molecule has 8 heteroatoms. The van der Waals surface area contributed by atoms with Crippen molar-refractivity contribution >= 4 is 29.7 Å². The third-order valence-corrected chi connectivity index (χ3v) is 4.78. The summed E-state index contributed by atoms with van der Waals surface area (Å²) in [4.78, 5) is 27.5. The number of carbonyl (C=O) groups is 1. The van der Waals surface area contributed by atoms with Gasteiger partial charge in [-0.2, -0.15) is 0 Å². The summed E-state index contributed by atoms with van der Waals surface area (Å²) >= 11 is 0. The Labute approximate surface area is 147 Å². The van der Waals surface area contributed by atoms with E-state index in [4.69, 9.17) is 5.73 Å². The monoisotopic (exact) mass is 354 g/mol. The van der Waals surface area contributed by atoms with Crippen LogP contribution in [-0.2, 0) is 0 Å². The molecule has 0 saturated carbocycles. The van der Waals surface area contributed by atoms with Crippen molar-refractivity contribution < 1.29 is 9.72 Å². The molecule has 2 aliphatic rings. The van der Waals surface area contributed by atoms with Gasteiger partial charge in [0.1, 0.15) is 5.69 Å². The third-order valence-electron chi connectivity index (χ3n) is 4.78. The molecular weight excluding hydrogens is 332 g/mol. The molecule has 1 amide bonds. The topological polar surface area (TPSA) is 92.7 Å². The first-order valence-electron chi connectivity index (χ1n) is 8.16. The maximum atomic E-state index is 12.7. The fraction of sp³-hybridized carbons (Fsp3) is 0.562. The Hall–Kier alpha value is -1.86. The van der Waals surface area contributed by atoms with Gasteiger partial charge in [0.25, 0.3) is 11.6 Å². The molecule has 1 unspecified atom stereocenters. The van der Waals surface area contributed by atoms with E-state index in [2.05, 4.69) is 0 Å². The summed E-state index contributed by atoms with van der Waals surface area (Å²) in [5.41, 5.74) is 6.72. The SMILES string of the molecule is Cl.NCC1CCCN1C(=O)c1ccc(N2CCCC2)c([N+](=O)[O-])c1. The van der Waals surface area contributed by atoms with Crippen molar-refractivity contribution in [3.63, 3.8) is 0 Å². The van der Waals surface area contributed by atoms with Crippen molar-refractivity contribution in [1.82, 2.24) is 4.90 Å². The molecule has 7 nitrogen and oxygen atoms in total. The van der Waals surface area contributed by atoms with Crippen LogP contribution in [0.5, 0.6) is 0 Å². The van der Waals surface area contributed by atoms with Crippen LogP contribution >= 0.6 is 12.4 Å². The molecule has 0 aliphatic carbocycles. The molecule has 2 aliphatic heterocycles. The van der Waals surface area contributed by atoms with Crippen molar-refractivity contribution in [3.8, 4) is 0 Å². The smallest absolute Gasteiger partial charge is 0.293 e. The molecule has 1 atom stereocenters. The fourth-order valence-corrected chi connectivity index (χ4v) is 3.54. The molecule has 0 spiro atoms. The number of anilines is 1. The number of nitro benzene ring substituents is 1. The van der Waals surface area contributed by atoms with E-state index in [0.29, 0.717) is 24.3 Å². The number of nitrogens with zero attached hydrogens (tertiary/aromatic N) is 3. The highest BCUT2D eigenvalue weighted by Gasteiger charge is 2.30. The number of likely N-dealkylation sites (tertiary alicyclic amines) is 1. The highest BCUT2D eigenvalue weighted by Crippen LogP contribution is 2.32. The highest BCUT2D eigenvalue weighted by molar-refractivity contribution is 5.96. The van der Waals surface area contributed by atoms with Gasteiger partial charge in [-0.25, -0.2) is 0 Å². The first-order valence-corrected chi connectivity index (χ1v) is 8.16. The van der Waals surface area contributed by atoms with E-state index in [9.17, 15) is 14.9 Å². The number of nitrogens with two attached hydrogens (primary N) is 1. The Morgan fingerprint density at radius 1 is 1.25 bits per heavy atom. The first-order chi connectivity index (χ1) is 11.1. The third kappa shape index (κ3) is 3.47. The predicted octanol–water partition coefficient (Wildman–Crippen LogP) is 2.18. The van der Waals surface area contributed by atoms with E-state index in [-0.39, 0.29) is 30.0 Å². The van der Waals surface area contributed by atoms with Gasteiger partial charge in [-0.05, 0) is 37.8 Å². The summed E-state index contributed by atoms with van der Waals surface area (Å²) in [6.07, 6.45) is 3.92. The van der Waals surface area contributed by atoms with Gasteiger partial charge in [-0.3, -0.25) is 14.9 Å². The zero-order valence-corrected chi connectivity index (χ0v) is 14.3. The molecule has 24 heavy (non-hydrogen) atoms. The number of halogens is 1. The molecule has 0 aromatic heterocycles. The lowest BCUT2D eigenvalue weighted by atomic mass is 10.1. The predicted molar refractivity (Wildman–Crippen MR) is 94.9 cm³/mol. The van der Waals surface area contributed by atoms with Crippen LogP contribution < -0.4 is 10.6 Å². The van der Waals surface area contributed by atoms with Gasteiger partial charge in [0, 0.05) is 43.9 Å². The number of rotatable bonds is 4.